The van der Waals surface area contributed by atoms with Gasteiger partial charge in [0.15, 0.2) is 0 Å². The van der Waals surface area contributed by atoms with Crippen LogP contribution in [0.3, 0.4) is 0 Å². The van der Waals surface area contributed by atoms with Crippen LogP contribution in [0.5, 0.6) is 0 Å². The molecule has 0 radical (unpaired) electrons. The lowest BCUT2D eigenvalue weighted by atomic mass is 10.3. The second-order valence-corrected chi connectivity index (χ2v) is 4.31. The van der Waals surface area contributed by atoms with E-state index in [1.54, 1.807) is 0 Å². The summed E-state index contributed by atoms with van der Waals surface area (Å²) in [6.45, 7) is 0. The molecule has 0 bridgehead atoms. The number of benzene rings is 2. The Morgan fingerprint density at radius 3 is 1.00 bits per heavy atom. The minimum Gasteiger partial charge on any atom is -0.822 e. The van der Waals surface area contributed by atoms with Crippen molar-refractivity contribution in [1.82, 2.24) is 0 Å². The molecule has 2 aromatic rings. The maximum Gasteiger partial charge on any atom is 0.127 e. The fourth-order valence-electron chi connectivity index (χ4n) is 0.956. The highest BCUT2D eigenvalue weighted by atomic mass is 31.2. The van der Waals surface area contributed by atoms with E-state index in [9.17, 15) is 0 Å². The topological polar surface area (TPSA) is 142 Å². The first kappa shape index (κ1) is 17.5. The summed E-state index contributed by atoms with van der Waals surface area (Å²) >= 11 is 0. The van der Waals surface area contributed by atoms with Crippen molar-refractivity contribution in [2.24, 2.45) is 0 Å². The van der Waals surface area contributed by atoms with E-state index in [1.807, 2.05) is 60.7 Å². The molecule has 0 saturated carbocycles. The molecule has 2 rings (SSSR count). The Labute approximate surface area is 111 Å². The zero-order valence-electron chi connectivity index (χ0n) is 10.3. The van der Waals surface area contributed by atoms with Crippen LogP contribution in [0.15, 0.2) is 60.7 Å². The van der Waals surface area contributed by atoms with E-state index in [0.717, 1.165) is 11.4 Å². The van der Waals surface area contributed by atoms with Gasteiger partial charge in [-0.05, 0) is 24.3 Å². The first-order valence-corrected chi connectivity index (χ1v) is 6.72. The Morgan fingerprint density at radius 1 is 0.684 bits per heavy atom. The zero-order valence-corrected chi connectivity index (χ0v) is 11.2. The third kappa shape index (κ3) is 16.5. The minimum absolute atomic E-state index is 1.07. The highest BCUT2D eigenvalue weighted by Gasteiger charge is 1.77. The van der Waals surface area contributed by atoms with Crippen molar-refractivity contribution in [3.05, 3.63) is 60.7 Å². The predicted molar refractivity (Wildman–Crippen MR) is 65.6 cm³/mol. The smallest absolute Gasteiger partial charge is 0.127 e. The van der Waals surface area contributed by atoms with Crippen molar-refractivity contribution in [1.29, 1.82) is 0 Å². The molecule has 0 heterocycles. The van der Waals surface area contributed by atoms with Gasteiger partial charge in [-0.25, -0.2) is 0 Å². The van der Waals surface area contributed by atoms with E-state index < -0.39 is 7.82 Å². The van der Waals surface area contributed by atoms with Crippen molar-refractivity contribution >= 4 is 19.2 Å². The Hall–Kier alpha value is -1.53. The van der Waals surface area contributed by atoms with Gasteiger partial charge in [0.05, 0.1) is 0 Å². The quantitative estimate of drug-likeness (QED) is 0.555. The number of quaternary nitrogens is 2. The van der Waals surface area contributed by atoms with Crippen molar-refractivity contribution in [2.75, 3.05) is 0 Å². The zero-order chi connectivity index (χ0) is 14.7. The molecule has 0 aromatic heterocycles. The van der Waals surface area contributed by atoms with Crippen molar-refractivity contribution < 1.29 is 30.7 Å². The SMILES string of the molecule is O=P([O-])([O-])[O-].[NH3+]c1ccccc1.[NH3+]c1ccccc1. The molecule has 0 unspecified atom stereocenters. The predicted octanol–water partition coefficient (Wildman–Crippen LogP) is -1.70. The number of hydrogen-bond acceptors (Lipinski definition) is 4. The highest BCUT2D eigenvalue weighted by molar-refractivity contribution is 7.40. The summed E-state index contributed by atoms with van der Waals surface area (Å²) in [6, 6.07) is 19.7. The molecule has 0 fully saturated rings. The van der Waals surface area contributed by atoms with Crippen LogP contribution in [0.1, 0.15) is 0 Å². The molecule has 0 aliphatic rings. The Balaban J connectivity index is 0.000000261. The Morgan fingerprint density at radius 2 is 0.895 bits per heavy atom. The molecular formula is C12H16N2O4P-. The lowest BCUT2D eigenvalue weighted by molar-refractivity contribution is -0.432. The molecule has 0 aliphatic heterocycles. The van der Waals surface area contributed by atoms with Gasteiger partial charge in [-0.2, -0.15) is 7.82 Å². The highest BCUT2D eigenvalue weighted by Crippen LogP contribution is 2.03. The van der Waals surface area contributed by atoms with Crippen LogP contribution in [-0.4, -0.2) is 0 Å². The van der Waals surface area contributed by atoms with E-state index >= 15 is 0 Å². The second-order valence-electron chi connectivity index (χ2n) is 3.42. The van der Waals surface area contributed by atoms with Gasteiger partial charge in [-0.3, -0.25) is 0 Å². The maximum atomic E-state index is 8.55. The first-order valence-electron chi connectivity index (χ1n) is 5.26. The third-order valence-electron chi connectivity index (χ3n) is 1.69. The monoisotopic (exact) mass is 283 g/mol. The van der Waals surface area contributed by atoms with Gasteiger partial charge >= 0.3 is 0 Å². The molecule has 0 atom stereocenters. The molecule has 0 amide bonds. The standard InChI is InChI=1S/2C6H7N.H3O4P/c2*7-6-4-2-1-3-5-6;1-5(2,3)4/h2*1-5H,7H2;(H3,1,2,3,4)/p-1. The van der Waals surface area contributed by atoms with E-state index in [1.165, 1.54) is 0 Å². The molecule has 0 spiro atoms. The molecule has 104 valence electrons. The van der Waals surface area contributed by atoms with Gasteiger partial charge < -0.3 is 30.7 Å². The van der Waals surface area contributed by atoms with E-state index in [2.05, 4.69) is 11.5 Å². The largest absolute Gasteiger partial charge is 0.822 e. The molecule has 19 heavy (non-hydrogen) atoms. The lowest BCUT2D eigenvalue weighted by Crippen LogP contribution is -2.39. The molecule has 0 saturated heterocycles. The van der Waals surface area contributed by atoms with Crippen molar-refractivity contribution in [3.63, 3.8) is 0 Å². The molecule has 0 aliphatic carbocycles. The van der Waals surface area contributed by atoms with Gasteiger partial charge in [0.25, 0.3) is 0 Å². The molecular weight excluding hydrogens is 267 g/mol. The van der Waals surface area contributed by atoms with Crippen LogP contribution in [0.4, 0.5) is 11.4 Å². The summed E-state index contributed by atoms with van der Waals surface area (Å²) in [5.41, 5.74) is 9.58. The minimum atomic E-state index is -5.39. The number of phosphoric acid groups is 1. The average Bonchev–Trinajstić information content (AvgIpc) is 2.29. The third-order valence-corrected chi connectivity index (χ3v) is 1.69. The van der Waals surface area contributed by atoms with E-state index in [-0.39, 0.29) is 0 Å². The van der Waals surface area contributed by atoms with Gasteiger partial charge in [0, 0.05) is 0 Å². The molecule has 7 heteroatoms. The summed E-state index contributed by atoms with van der Waals surface area (Å²) in [6.07, 6.45) is 0. The summed E-state index contributed by atoms with van der Waals surface area (Å²) in [7, 11) is -5.39. The molecule has 6 N–H and O–H groups in total. The van der Waals surface area contributed by atoms with Gasteiger partial charge in [0.1, 0.15) is 11.4 Å². The van der Waals surface area contributed by atoms with Crippen LogP contribution >= 0.6 is 7.82 Å². The summed E-state index contributed by atoms with van der Waals surface area (Å²) in [4.78, 5) is 25.6. The summed E-state index contributed by atoms with van der Waals surface area (Å²) in [5, 5.41) is 0. The second kappa shape index (κ2) is 9.41. The fourth-order valence-corrected chi connectivity index (χ4v) is 0.956. The van der Waals surface area contributed by atoms with Gasteiger partial charge in [-0.1, -0.05) is 36.4 Å². The van der Waals surface area contributed by atoms with E-state index in [4.69, 9.17) is 19.2 Å². The van der Waals surface area contributed by atoms with Gasteiger partial charge in [0.2, 0.25) is 0 Å². The first-order chi connectivity index (χ1) is 8.79. The lowest BCUT2D eigenvalue weighted by Gasteiger charge is -2.36. The molecule has 2 aromatic carbocycles. The maximum absolute atomic E-state index is 8.55. The summed E-state index contributed by atoms with van der Waals surface area (Å²) in [5.74, 6) is 0. The fraction of sp³-hybridized carbons (Fsp3) is 0. The molecule has 6 nitrogen and oxygen atoms in total. The van der Waals surface area contributed by atoms with Crippen LogP contribution in [0.25, 0.3) is 0 Å². The van der Waals surface area contributed by atoms with E-state index in [0.29, 0.717) is 0 Å². The number of rotatable bonds is 0. The van der Waals surface area contributed by atoms with Crippen molar-refractivity contribution in [2.45, 2.75) is 0 Å². The van der Waals surface area contributed by atoms with Crippen LogP contribution < -0.4 is 26.1 Å². The Kier molecular flexibility index (Phi) is 8.65. The normalized spacial score (nSPS) is 9.53. The summed E-state index contributed by atoms with van der Waals surface area (Å²) < 4.78 is 8.55. The van der Waals surface area contributed by atoms with Crippen LogP contribution in [0.2, 0.25) is 0 Å². The van der Waals surface area contributed by atoms with Crippen LogP contribution in [-0.2, 0) is 4.57 Å². The average molecular weight is 283 g/mol. The number of hydrogen-bond donors (Lipinski definition) is 2. The van der Waals surface area contributed by atoms with Gasteiger partial charge in [-0.15, -0.1) is 0 Å². The Bertz CT molecular complexity index is 442. The van der Waals surface area contributed by atoms with Crippen molar-refractivity contribution in [3.8, 4) is 0 Å². The van der Waals surface area contributed by atoms with Crippen LogP contribution in [0, 0.1) is 0 Å².